The summed E-state index contributed by atoms with van der Waals surface area (Å²) in [5.74, 6) is -1.24. The maximum atomic E-state index is 12.6. The van der Waals surface area contributed by atoms with E-state index in [1.807, 2.05) is 30.3 Å². The quantitative estimate of drug-likeness (QED) is 0.506. The maximum Gasteiger partial charge on any atom is 0.287 e. The summed E-state index contributed by atoms with van der Waals surface area (Å²) >= 11 is 0. The summed E-state index contributed by atoms with van der Waals surface area (Å²) in [5.41, 5.74) is 6.25. The van der Waals surface area contributed by atoms with Gasteiger partial charge in [0.2, 0.25) is 10.0 Å². The van der Waals surface area contributed by atoms with Gasteiger partial charge in [-0.1, -0.05) is 36.4 Å². The molecule has 3 aromatic rings. The average Bonchev–Trinajstić information content (AvgIpc) is 3.27. The molecule has 0 saturated carbocycles. The summed E-state index contributed by atoms with van der Waals surface area (Å²) in [5, 5.41) is 6.71. The van der Waals surface area contributed by atoms with Crippen LogP contribution >= 0.6 is 0 Å². The number of sulfonamides is 1. The Morgan fingerprint density at radius 3 is 2.32 bits per heavy atom. The van der Waals surface area contributed by atoms with Gasteiger partial charge in [0.05, 0.1) is 10.6 Å². The number of nitrogens with zero attached hydrogens (tertiary/aromatic N) is 2. The molecule has 0 atom stereocenters. The van der Waals surface area contributed by atoms with Crippen LogP contribution < -0.4 is 10.9 Å². The number of aromatic nitrogens is 2. The Bertz CT molecular complexity index is 1190. The van der Waals surface area contributed by atoms with Crippen molar-refractivity contribution in [3.8, 4) is 11.3 Å². The van der Waals surface area contributed by atoms with Gasteiger partial charge in [-0.05, 0) is 38.1 Å². The van der Waals surface area contributed by atoms with Gasteiger partial charge in [0.25, 0.3) is 11.8 Å². The number of H-pyrrole nitrogens is 1. The van der Waals surface area contributed by atoms with Crippen molar-refractivity contribution >= 4 is 21.8 Å². The van der Waals surface area contributed by atoms with E-state index in [0.717, 1.165) is 5.56 Å². The molecular weight excluding hydrogens is 418 g/mol. The zero-order valence-electron chi connectivity index (χ0n) is 17.3. The lowest BCUT2D eigenvalue weighted by atomic mass is 10.1. The zero-order chi connectivity index (χ0) is 22.6. The molecule has 3 rings (SSSR count). The Labute approximate surface area is 180 Å². The highest BCUT2D eigenvalue weighted by Crippen LogP contribution is 2.18. The van der Waals surface area contributed by atoms with Crippen molar-refractivity contribution in [3.63, 3.8) is 0 Å². The van der Waals surface area contributed by atoms with Crippen LogP contribution in [0.5, 0.6) is 0 Å². The molecule has 0 bridgehead atoms. The maximum absolute atomic E-state index is 12.6. The fourth-order valence-corrected chi connectivity index (χ4v) is 4.10. The third-order valence-electron chi connectivity index (χ3n) is 4.68. The number of amides is 2. The fraction of sp³-hybridized carbons (Fsp3) is 0.190. The van der Waals surface area contributed by atoms with Crippen molar-refractivity contribution in [2.24, 2.45) is 0 Å². The highest BCUT2D eigenvalue weighted by molar-refractivity contribution is 7.89. The number of carbonyl (C=O) groups excluding carboxylic acids is 2. The molecule has 0 unspecified atom stereocenters. The molecule has 0 fully saturated rings. The van der Waals surface area contributed by atoms with Crippen LogP contribution in [0.15, 0.2) is 65.6 Å². The minimum Gasteiger partial charge on any atom is -0.272 e. The lowest BCUT2D eigenvalue weighted by Crippen LogP contribution is -2.41. The molecule has 0 aliphatic heterocycles. The Kier molecular flexibility index (Phi) is 6.52. The normalized spacial score (nSPS) is 11.5. The third-order valence-corrected chi connectivity index (χ3v) is 6.71. The molecule has 0 spiro atoms. The Morgan fingerprint density at radius 2 is 1.65 bits per heavy atom. The van der Waals surface area contributed by atoms with Crippen LogP contribution in [0.2, 0.25) is 0 Å². The van der Waals surface area contributed by atoms with Gasteiger partial charge in [-0.15, -0.1) is 0 Å². The van der Waals surface area contributed by atoms with Gasteiger partial charge in [-0.2, -0.15) is 9.40 Å². The van der Waals surface area contributed by atoms with E-state index in [1.165, 1.54) is 35.6 Å². The second-order valence-electron chi connectivity index (χ2n) is 7.08. The number of benzene rings is 2. The van der Waals surface area contributed by atoms with E-state index >= 15 is 0 Å². The van der Waals surface area contributed by atoms with Gasteiger partial charge >= 0.3 is 0 Å². The molecule has 10 heteroatoms. The van der Waals surface area contributed by atoms with Crippen LogP contribution in [0, 0.1) is 0 Å². The molecule has 162 valence electrons. The summed E-state index contributed by atoms with van der Waals surface area (Å²) in [4.78, 5) is 24.7. The van der Waals surface area contributed by atoms with E-state index in [1.54, 1.807) is 19.9 Å². The molecule has 0 radical (unpaired) electrons. The summed E-state index contributed by atoms with van der Waals surface area (Å²) in [7, 11) is -2.27. The van der Waals surface area contributed by atoms with Gasteiger partial charge in [0.1, 0.15) is 5.69 Å². The molecule has 31 heavy (non-hydrogen) atoms. The largest absolute Gasteiger partial charge is 0.287 e. The first-order valence-electron chi connectivity index (χ1n) is 9.50. The van der Waals surface area contributed by atoms with Crippen LogP contribution in [0.3, 0.4) is 0 Å². The van der Waals surface area contributed by atoms with E-state index in [-0.39, 0.29) is 22.2 Å². The number of carbonyl (C=O) groups is 2. The van der Waals surface area contributed by atoms with E-state index in [0.29, 0.717) is 5.69 Å². The second kappa shape index (κ2) is 9.11. The molecule has 1 aromatic heterocycles. The number of hydrazine groups is 1. The Morgan fingerprint density at radius 1 is 0.968 bits per heavy atom. The number of rotatable bonds is 6. The number of nitrogens with one attached hydrogen (secondary N) is 3. The first-order valence-corrected chi connectivity index (χ1v) is 10.9. The monoisotopic (exact) mass is 441 g/mol. The molecule has 0 aliphatic rings. The lowest BCUT2D eigenvalue weighted by molar-refractivity contribution is 0.0844. The van der Waals surface area contributed by atoms with Crippen molar-refractivity contribution in [1.29, 1.82) is 0 Å². The summed E-state index contributed by atoms with van der Waals surface area (Å²) in [6.45, 7) is 3.50. The van der Waals surface area contributed by atoms with Crippen LogP contribution in [-0.2, 0) is 10.0 Å². The minimum absolute atomic E-state index is 0.0104. The molecular formula is C21H23N5O4S. The van der Waals surface area contributed by atoms with Gasteiger partial charge in [0, 0.05) is 24.2 Å². The summed E-state index contributed by atoms with van der Waals surface area (Å²) in [6, 6.07) is 16.2. The predicted molar refractivity (Wildman–Crippen MR) is 115 cm³/mol. The first kappa shape index (κ1) is 22.2. The van der Waals surface area contributed by atoms with Gasteiger partial charge < -0.3 is 0 Å². The summed E-state index contributed by atoms with van der Waals surface area (Å²) in [6.07, 6.45) is 0. The van der Waals surface area contributed by atoms with Crippen molar-refractivity contribution in [2.45, 2.75) is 24.8 Å². The SMILES string of the molecule is CC(C)N(C)S(=O)(=O)c1cccc(C(=O)NNC(=O)c2cc(-c3ccccc3)n[nH]2)c1. The zero-order valence-corrected chi connectivity index (χ0v) is 18.1. The molecule has 0 saturated heterocycles. The molecule has 2 aromatic carbocycles. The third kappa shape index (κ3) is 4.98. The topological polar surface area (TPSA) is 124 Å². The highest BCUT2D eigenvalue weighted by Gasteiger charge is 2.24. The highest BCUT2D eigenvalue weighted by atomic mass is 32.2. The first-order chi connectivity index (χ1) is 14.7. The Hall–Kier alpha value is -3.50. The number of hydrogen-bond donors (Lipinski definition) is 3. The van der Waals surface area contributed by atoms with Crippen molar-refractivity contribution in [3.05, 3.63) is 71.9 Å². The van der Waals surface area contributed by atoms with Crippen LogP contribution in [0.4, 0.5) is 0 Å². The van der Waals surface area contributed by atoms with Gasteiger partial charge in [0.15, 0.2) is 0 Å². The van der Waals surface area contributed by atoms with E-state index in [2.05, 4.69) is 21.0 Å². The smallest absolute Gasteiger partial charge is 0.272 e. The standard InChI is InChI=1S/C21H23N5O4S/c1-14(2)26(3)31(29,30)17-11-7-10-16(12-17)20(27)24-25-21(28)19-13-18(22-23-19)15-8-5-4-6-9-15/h4-14H,1-3H3,(H,22,23)(H,24,27)(H,25,28). The van der Waals surface area contributed by atoms with E-state index in [9.17, 15) is 18.0 Å². The second-order valence-corrected chi connectivity index (χ2v) is 9.08. The van der Waals surface area contributed by atoms with Crippen LogP contribution in [0.25, 0.3) is 11.3 Å². The van der Waals surface area contributed by atoms with Crippen molar-refractivity contribution in [2.75, 3.05) is 7.05 Å². The molecule has 9 nitrogen and oxygen atoms in total. The van der Waals surface area contributed by atoms with Gasteiger partial charge in [-0.25, -0.2) is 8.42 Å². The van der Waals surface area contributed by atoms with Crippen LogP contribution in [0.1, 0.15) is 34.7 Å². The lowest BCUT2D eigenvalue weighted by Gasteiger charge is -2.21. The van der Waals surface area contributed by atoms with E-state index < -0.39 is 21.8 Å². The van der Waals surface area contributed by atoms with E-state index in [4.69, 9.17) is 0 Å². The molecule has 0 aliphatic carbocycles. The Balaban J connectivity index is 1.68. The molecule has 3 N–H and O–H groups in total. The molecule has 1 heterocycles. The summed E-state index contributed by atoms with van der Waals surface area (Å²) < 4.78 is 26.5. The van der Waals surface area contributed by atoms with Gasteiger partial charge in [-0.3, -0.25) is 25.5 Å². The molecule has 2 amide bonds. The van der Waals surface area contributed by atoms with Crippen LogP contribution in [-0.4, -0.2) is 47.8 Å². The van der Waals surface area contributed by atoms with Crippen molar-refractivity contribution < 1.29 is 18.0 Å². The number of hydrogen-bond acceptors (Lipinski definition) is 5. The van der Waals surface area contributed by atoms with Crippen molar-refractivity contribution in [1.82, 2.24) is 25.4 Å². The predicted octanol–water partition coefficient (Wildman–Crippen LogP) is 2.18. The fourth-order valence-electron chi connectivity index (χ4n) is 2.69. The average molecular weight is 442 g/mol. The number of aromatic amines is 1. The minimum atomic E-state index is -3.74.